The summed E-state index contributed by atoms with van der Waals surface area (Å²) in [7, 11) is 0. The molecule has 0 atom stereocenters. The van der Waals surface area contributed by atoms with Gasteiger partial charge in [0, 0.05) is 12.0 Å². The van der Waals surface area contributed by atoms with E-state index in [1.165, 1.54) is 6.92 Å². The van der Waals surface area contributed by atoms with Crippen molar-refractivity contribution in [1.29, 1.82) is 0 Å². The third-order valence-corrected chi connectivity index (χ3v) is 2.92. The lowest BCUT2D eigenvalue weighted by Crippen LogP contribution is -2.41. The number of benzene rings is 1. The molecule has 0 aliphatic heterocycles. The zero-order valence-electron chi connectivity index (χ0n) is 12.8. The third kappa shape index (κ3) is 8.47. The lowest BCUT2D eigenvalue weighted by Gasteiger charge is -2.14. The minimum atomic E-state index is -3.08. The maximum absolute atomic E-state index is 12.8. The van der Waals surface area contributed by atoms with Gasteiger partial charge in [-0.15, -0.1) is 12.4 Å². The number of Topliss-reactive ketones (excluding diaryl/α,β-unsaturated/α-hetero) is 1. The molecule has 0 aliphatic carbocycles. The molecule has 3 N–H and O–H groups in total. The summed E-state index contributed by atoms with van der Waals surface area (Å²) in [4.78, 5) is 22.5. The van der Waals surface area contributed by atoms with Gasteiger partial charge in [0.1, 0.15) is 5.75 Å². The number of nitrogens with one attached hydrogen (secondary N) is 1. The van der Waals surface area contributed by atoms with Crippen LogP contribution in [0.1, 0.15) is 30.1 Å². The molecule has 8 heteroatoms. The lowest BCUT2D eigenvalue weighted by molar-refractivity contribution is -0.123. The summed E-state index contributed by atoms with van der Waals surface area (Å²) in [5.41, 5.74) is 5.46. The first-order valence-electron chi connectivity index (χ1n) is 6.92. The van der Waals surface area contributed by atoms with Crippen LogP contribution in [-0.2, 0) is 4.79 Å². The van der Waals surface area contributed by atoms with Crippen molar-refractivity contribution in [3.05, 3.63) is 29.8 Å². The highest BCUT2D eigenvalue weighted by atomic mass is 35.5. The molecule has 130 valence electrons. The third-order valence-electron chi connectivity index (χ3n) is 2.92. The summed E-state index contributed by atoms with van der Waals surface area (Å²) >= 11 is 0. The number of alkyl halides is 2. The van der Waals surface area contributed by atoms with Gasteiger partial charge in [-0.2, -0.15) is 0 Å². The quantitative estimate of drug-likeness (QED) is 0.528. The second-order valence-electron chi connectivity index (χ2n) is 4.87. The molecule has 0 radical (unpaired) electrons. The Bertz CT molecular complexity index is 510. The minimum Gasteiger partial charge on any atom is -0.494 e. The Labute approximate surface area is 140 Å². The van der Waals surface area contributed by atoms with Gasteiger partial charge in [0.25, 0.3) is 5.92 Å². The molecule has 0 heterocycles. The Balaban J connectivity index is 0.00000484. The van der Waals surface area contributed by atoms with Crippen LogP contribution < -0.4 is 15.8 Å². The summed E-state index contributed by atoms with van der Waals surface area (Å²) in [6.07, 6.45) is 0.487. The van der Waals surface area contributed by atoms with Crippen LogP contribution in [0.25, 0.3) is 0 Å². The number of ketones is 1. The summed E-state index contributed by atoms with van der Waals surface area (Å²) in [6.45, 7) is 0.200. The van der Waals surface area contributed by atoms with Gasteiger partial charge in [-0.3, -0.25) is 9.59 Å². The summed E-state index contributed by atoms with van der Waals surface area (Å²) in [5.74, 6) is -2.99. The van der Waals surface area contributed by atoms with E-state index in [-0.39, 0.29) is 31.2 Å². The van der Waals surface area contributed by atoms with E-state index in [0.717, 1.165) is 0 Å². The number of amides is 1. The van der Waals surface area contributed by atoms with Crippen molar-refractivity contribution in [2.24, 2.45) is 5.73 Å². The van der Waals surface area contributed by atoms with Crippen molar-refractivity contribution in [3.63, 3.8) is 0 Å². The first kappa shape index (κ1) is 21.3. The standard InChI is InChI=1S/C15H20F2N2O3.ClH/c1-11(20)12-4-6-13(7-5-12)22-8-2-3-14(21)19-10-15(16,17)9-18;/h4-7H,2-3,8-10,18H2,1H3,(H,19,21);1H. The monoisotopic (exact) mass is 350 g/mol. The van der Waals surface area contributed by atoms with E-state index in [1.807, 2.05) is 0 Å². The van der Waals surface area contributed by atoms with Gasteiger partial charge in [0.2, 0.25) is 5.91 Å². The van der Waals surface area contributed by atoms with Gasteiger partial charge in [0.05, 0.1) is 19.7 Å². The average Bonchev–Trinajstić information content (AvgIpc) is 2.50. The Morgan fingerprint density at radius 1 is 1.26 bits per heavy atom. The van der Waals surface area contributed by atoms with E-state index >= 15 is 0 Å². The Morgan fingerprint density at radius 2 is 1.87 bits per heavy atom. The van der Waals surface area contributed by atoms with Crippen LogP contribution in [0.2, 0.25) is 0 Å². The van der Waals surface area contributed by atoms with Crippen LogP contribution in [-0.4, -0.2) is 37.3 Å². The van der Waals surface area contributed by atoms with Crippen LogP contribution in [0.4, 0.5) is 8.78 Å². The topological polar surface area (TPSA) is 81.4 Å². The van der Waals surface area contributed by atoms with Gasteiger partial charge in [-0.1, -0.05) is 0 Å². The molecule has 0 aromatic heterocycles. The van der Waals surface area contributed by atoms with Gasteiger partial charge in [-0.05, 0) is 37.6 Å². The van der Waals surface area contributed by atoms with Crippen LogP contribution >= 0.6 is 12.4 Å². The number of carbonyl (C=O) groups excluding carboxylic acids is 2. The highest BCUT2D eigenvalue weighted by Crippen LogP contribution is 2.13. The van der Waals surface area contributed by atoms with Crippen molar-refractivity contribution in [2.45, 2.75) is 25.7 Å². The first-order valence-corrected chi connectivity index (χ1v) is 6.92. The lowest BCUT2D eigenvalue weighted by atomic mass is 10.1. The number of hydrogen-bond acceptors (Lipinski definition) is 4. The molecular formula is C15H21ClF2N2O3. The molecule has 0 fully saturated rings. The van der Waals surface area contributed by atoms with Crippen molar-refractivity contribution in [2.75, 3.05) is 19.7 Å². The van der Waals surface area contributed by atoms with E-state index in [0.29, 0.717) is 17.7 Å². The Morgan fingerprint density at radius 3 is 2.39 bits per heavy atom. The summed E-state index contributed by atoms with van der Waals surface area (Å²) in [5, 5.41) is 2.13. The molecule has 1 aromatic carbocycles. The van der Waals surface area contributed by atoms with Crippen LogP contribution in [0.5, 0.6) is 5.75 Å². The molecule has 0 saturated heterocycles. The molecule has 0 spiro atoms. The molecule has 0 unspecified atom stereocenters. The van der Waals surface area contributed by atoms with Crippen molar-refractivity contribution in [3.8, 4) is 5.75 Å². The number of carbonyl (C=O) groups is 2. The molecule has 5 nitrogen and oxygen atoms in total. The predicted molar refractivity (Wildman–Crippen MR) is 85.4 cm³/mol. The highest BCUT2D eigenvalue weighted by Gasteiger charge is 2.26. The fourth-order valence-corrected chi connectivity index (χ4v) is 1.60. The van der Waals surface area contributed by atoms with Crippen LogP contribution in [0.15, 0.2) is 24.3 Å². The van der Waals surface area contributed by atoms with Gasteiger partial charge in [0.15, 0.2) is 5.78 Å². The van der Waals surface area contributed by atoms with Crippen LogP contribution in [0.3, 0.4) is 0 Å². The Kier molecular flexibility index (Phi) is 9.36. The zero-order valence-corrected chi connectivity index (χ0v) is 13.6. The second kappa shape index (κ2) is 10.1. The number of hydrogen-bond donors (Lipinski definition) is 2. The van der Waals surface area contributed by atoms with E-state index in [9.17, 15) is 18.4 Å². The summed E-state index contributed by atoms with van der Waals surface area (Å²) < 4.78 is 31.0. The molecule has 0 bridgehead atoms. The Hall–Kier alpha value is -1.73. The highest BCUT2D eigenvalue weighted by molar-refractivity contribution is 5.94. The SMILES string of the molecule is CC(=O)c1ccc(OCCCC(=O)NCC(F)(F)CN)cc1.Cl. The zero-order chi connectivity index (χ0) is 16.6. The minimum absolute atomic E-state index is 0. The fourth-order valence-electron chi connectivity index (χ4n) is 1.60. The number of ether oxygens (including phenoxy) is 1. The van der Waals surface area contributed by atoms with E-state index in [4.69, 9.17) is 10.5 Å². The van der Waals surface area contributed by atoms with Gasteiger partial charge < -0.3 is 15.8 Å². The largest absolute Gasteiger partial charge is 0.494 e. The number of nitrogens with two attached hydrogens (primary N) is 1. The molecule has 1 aromatic rings. The normalized spacial score (nSPS) is 10.6. The smallest absolute Gasteiger partial charge is 0.277 e. The summed E-state index contributed by atoms with van der Waals surface area (Å²) in [6, 6.07) is 6.63. The maximum Gasteiger partial charge on any atom is 0.277 e. The van der Waals surface area contributed by atoms with Gasteiger partial charge in [-0.25, -0.2) is 8.78 Å². The maximum atomic E-state index is 12.8. The van der Waals surface area contributed by atoms with E-state index < -0.39 is 24.9 Å². The predicted octanol–water partition coefficient (Wildman–Crippen LogP) is 2.18. The number of halogens is 3. The average molecular weight is 351 g/mol. The van der Waals surface area contributed by atoms with Crippen LogP contribution in [0, 0.1) is 0 Å². The second-order valence-corrected chi connectivity index (χ2v) is 4.87. The molecule has 0 aliphatic rings. The molecular weight excluding hydrogens is 330 g/mol. The van der Waals surface area contributed by atoms with E-state index in [1.54, 1.807) is 24.3 Å². The molecule has 1 amide bonds. The van der Waals surface area contributed by atoms with Gasteiger partial charge >= 0.3 is 0 Å². The first-order chi connectivity index (χ1) is 10.3. The van der Waals surface area contributed by atoms with Crippen molar-refractivity contribution in [1.82, 2.24) is 5.32 Å². The van der Waals surface area contributed by atoms with Crippen molar-refractivity contribution >= 4 is 24.1 Å². The number of rotatable bonds is 9. The molecule has 0 saturated carbocycles. The van der Waals surface area contributed by atoms with Crippen molar-refractivity contribution < 1.29 is 23.1 Å². The fraction of sp³-hybridized carbons (Fsp3) is 0.467. The molecule has 23 heavy (non-hydrogen) atoms. The van der Waals surface area contributed by atoms with E-state index in [2.05, 4.69) is 5.32 Å². The molecule has 1 rings (SSSR count).